The van der Waals surface area contributed by atoms with Crippen LogP contribution in [0.2, 0.25) is 5.02 Å². The van der Waals surface area contributed by atoms with Crippen molar-refractivity contribution in [2.24, 2.45) is 11.1 Å². The van der Waals surface area contributed by atoms with E-state index in [0.29, 0.717) is 18.0 Å². The van der Waals surface area contributed by atoms with Gasteiger partial charge in [-0.3, -0.25) is 9.78 Å². The molecule has 2 rings (SSSR count). The first-order chi connectivity index (χ1) is 7.68. The third kappa shape index (κ3) is 1.97. The molecule has 0 spiro atoms. The molecule has 1 aromatic rings. The summed E-state index contributed by atoms with van der Waals surface area (Å²) in [5.74, 6) is 0.217. The van der Waals surface area contributed by atoms with Crippen LogP contribution in [0.1, 0.15) is 24.8 Å². The van der Waals surface area contributed by atoms with Crippen molar-refractivity contribution in [2.75, 3.05) is 6.54 Å². The van der Waals surface area contributed by atoms with Crippen molar-refractivity contribution in [1.29, 1.82) is 0 Å². The van der Waals surface area contributed by atoms with Gasteiger partial charge in [-0.15, -0.1) is 0 Å². The van der Waals surface area contributed by atoms with Gasteiger partial charge in [0.25, 0.3) is 0 Å². The summed E-state index contributed by atoms with van der Waals surface area (Å²) >= 11 is 5.98. The number of nitrogens with zero attached hydrogens (tertiary/aromatic N) is 1. The minimum Gasteiger partial charge on any atom is -0.329 e. The largest absolute Gasteiger partial charge is 0.329 e. The Morgan fingerprint density at radius 3 is 2.81 bits per heavy atom. The number of pyridine rings is 1. The lowest BCUT2D eigenvalue weighted by molar-refractivity contribution is -0.132. The van der Waals surface area contributed by atoms with E-state index in [9.17, 15) is 4.79 Å². The average Bonchev–Trinajstić information content (AvgIpc) is 2.21. The number of carbonyl (C=O) groups excluding carboxylic acids is 1. The Balaban J connectivity index is 2.10. The Hall–Kier alpha value is -0.930. The average molecular weight is 239 g/mol. The van der Waals surface area contributed by atoms with Gasteiger partial charge < -0.3 is 5.73 Å². The number of carbonyl (C=O) groups is 1. The van der Waals surface area contributed by atoms with Crippen LogP contribution in [0, 0.1) is 5.41 Å². The normalized spacial score (nSPS) is 17.9. The van der Waals surface area contributed by atoms with E-state index < -0.39 is 0 Å². The lowest BCUT2D eigenvalue weighted by Crippen LogP contribution is -2.45. The monoisotopic (exact) mass is 238 g/mol. The lowest BCUT2D eigenvalue weighted by atomic mass is 9.65. The molecule has 0 amide bonds. The van der Waals surface area contributed by atoms with Crippen LogP contribution in [0.5, 0.6) is 0 Å². The Morgan fingerprint density at radius 1 is 1.56 bits per heavy atom. The molecule has 0 aromatic carbocycles. The maximum Gasteiger partial charge on any atom is 0.144 e. The molecule has 16 heavy (non-hydrogen) atoms. The molecule has 0 saturated heterocycles. The minimum atomic E-state index is -0.271. The van der Waals surface area contributed by atoms with Crippen molar-refractivity contribution in [2.45, 2.75) is 25.7 Å². The summed E-state index contributed by atoms with van der Waals surface area (Å²) in [6, 6.07) is 1.79. The van der Waals surface area contributed by atoms with Gasteiger partial charge in [0.2, 0.25) is 0 Å². The van der Waals surface area contributed by atoms with Crippen molar-refractivity contribution >= 4 is 17.4 Å². The van der Waals surface area contributed by atoms with Gasteiger partial charge in [0.1, 0.15) is 5.78 Å². The zero-order valence-corrected chi connectivity index (χ0v) is 9.83. The molecule has 1 fully saturated rings. The predicted molar refractivity (Wildman–Crippen MR) is 63.3 cm³/mol. The Bertz CT molecular complexity index is 396. The van der Waals surface area contributed by atoms with Crippen molar-refractivity contribution in [3.05, 3.63) is 29.0 Å². The molecule has 1 saturated carbocycles. The SMILES string of the molecule is NCC1(C(=O)Cc2ccncc2Cl)CCC1. The molecule has 1 aliphatic rings. The summed E-state index contributed by atoms with van der Waals surface area (Å²) < 4.78 is 0. The fourth-order valence-corrected chi connectivity index (χ4v) is 2.29. The zero-order valence-electron chi connectivity index (χ0n) is 9.08. The van der Waals surface area contributed by atoms with E-state index in [0.717, 1.165) is 24.8 Å². The Morgan fingerprint density at radius 2 is 2.31 bits per heavy atom. The highest BCUT2D eigenvalue weighted by molar-refractivity contribution is 6.31. The number of Topliss-reactive ketones (excluding diaryl/α,β-unsaturated/α-hetero) is 1. The van der Waals surface area contributed by atoms with Crippen LogP contribution in [-0.4, -0.2) is 17.3 Å². The smallest absolute Gasteiger partial charge is 0.144 e. The highest BCUT2D eigenvalue weighted by atomic mass is 35.5. The fourth-order valence-electron chi connectivity index (χ4n) is 2.11. The summed E-state index contributed by atoms with van der Waals surface area (Å²) in [4.78, 5) is 16.0. The standard InChI is InChI=1S/C12H15ClN2O/c13-10-7-15-5-2-9(10)6-11(16)12(8-14)3-1-4-12/h2,5,7H,1,3-4,6,8,14H2. The second-order valence-corrected chi connectivity index (χ2v) is 4.81. The van der Waals surface area contributed by atoms with Crippen LogP contribution >= 0.6 is 11.6 Å². The first-order valence-electron chi connectivity index (χ1n) is 5.50. The van der Waals surface area contributed by atoms with Crippen LogP contribution in [0.25, 0.3) is 0 Å². The number of ketones is 1. The molecule has 1 aromatic heterocycles. The number of hydrogen-bond acceptors (Lipinski definition) is 3. The van der Waals surface area contributed by atoms with Crippen LogP contribution in [0.3, 0.4) is 0 Å². The summed E-state index contributed by atoms with van der Waals surface area (Å²) in [5, 5.41) is 0.558. The molecule has 0 aliphatic heterocycles. The van der Waals surface area contributed by atoms with Crippen molar-refractivity contribution < 1.29 is 4.79 Å². The molecule has 0 atom stereocenters. The molecule has 3 nitrogen and oxygen atoms in total. The summed E-state index contributed by atoms with van der Waals surface area (Å²) in [6.07, 6.45) is 6.55. The van der Waals surface area contributed by atoms with E-state index in [1.165, 1.54) is 0 Å². The van der Waals surface area contributed by atoms with E-state index in [1.54, 1.807) is 18.5 Å². The van der Waals surface area contributed by atoms with Gasteiger partial charge in [-0.25, -0.2) is 0 Å². The molecule has 2 N–H and O–H groups in total. The number of halogens is 1. The van der Waals surface area contributed by atoms with Gasteiger partial charge in [0, 0.05) is 30.8 Å². The van der Waals surface area contributed by atoms with Crippen LogP contribution in [0.15, 0.2) is 18.5 Å². The highest BCUT2D eigenvalue weighted by Crippen LogP contribution is 2.41. The van der Waals surface area contributed by atoms with E-state index in [2.05, 4.69) is 4.98 Å². The van der Waals surface area contributed by atoms with Crippen LogP contribution in [-0.2, 0) is 11.2 Å². The van der Waals surface area contributed by atoms with Crippen LogP contribution in [0.4, 0.5) is 0 Å². The second-order valence-electron chi connectivity index (χ2n) is 4.41. The molecule has 0 radical (unpaired) electrons. The van der Waals surface area contributed by atoms with Crippen molar-refractivity contribution in [1.82, 2.24) is 4.98 Å². The highest BCUT2D eigenvalue weighted by Gasteiger charge is 2.42. The van der Waals surface area contributed by atoms with Gasteiger partial charge in [-0.05, 0) is 24.5 Å². The molecular formula is C12H15ClN2O. The summed E-state index contributed by atoms with van der Waals surface area (Å²) in [7, 11) is 0. The van der Waals surface area contributed by atoms with E-state index in [4.69, 9.17) is 17.3 Å². The van der Waals surface area contributed by atoms with Gasteiger partial charge in [0.05, 0.1) is 5.02 Å². The molecule has 86 valence electrons. The third-order valence-corrected chi connectivity index (χ3v) is 3.84. The van der Waals surface area contributed by atoms with Gasteiger partial charge >= 0.3 is 0 Å². The number of rotatable bonds is 4. The number of hydrogen-bond donors (Lipinski definition) is 1. The Kier molecular flexibility index (Phi) is 3.26. The third-order valence-electron chi connectivity index (χ3n) is 3.50. The first kappa shape index (κ1) is 11.6. The molecule has 1 heterocycles. The van der Waals surface area contributed by atoms with E-state index in [1.807, 2.05) is 0 Å². The molecule has 0 unspecified atom stereocenters. The minimum absolute atomic E-state index is 0.217. The van der Waals surface area contributed by atoms with Gasteiger partial charge in [-0.1, -0.05) is 18.0 Å². The molecule has 1 aliphatic carbocycles. The maximum absolute atomic E-state index is 12.1. The zero-order chi connectivity index (χ0) is 11.6. The molecular weight excluding hydrogens is 224 g/mol. The molecule has 4 heteroatoms. The number of nitrogens with two attached hydrogens (primary N) is 1. The topological polar surface area (TPSA) is 56.0 Å². The van der Waals surface area contributed by atoms with Crippen LogP contribution < -0.4 is 5.73 Å². The quantitative estimate of drug-likeness (QED) is 0.873. The van der Waals surface area contributed by atoms with E-state index >= 15 is 0 Å². The second kappa shape index (κ2) is 4.52. The van der Waals surface area contributed by atoms with Gasteiger partial charge in [-0.2, -0.15) is 0 Å². The van der Waals surface area contributed by atoms with Crippen molar-refractivity contribution in [3.63, 3.8) is 0 Å². The lowest BCUT2D eigenvalue weighted by Gasteiger charge is -2.39. The van der Waals surface area contributed by atoms with Crippen molar-refractivity contribution in [3.8, 4) is 0 Å². The number of aromatic nitrogens is 1. The predicted octanol–water partition coefficient (Wildman–Crippen LogP) is 1.98. The first-order valence-corrected chi connectivity index (χ1v) is 5.87. The van der Waals surface area contributed by atoms with Gasteiger partial charge in [0.15, 0.2) is 0 Å². The fraction of sp³-hybridized carbons (Fsp3) is 0.500. The van der Waals surface area contributed by atoms with E-state index in [-0.39, 0.29) is 11.2 Å². The Labute approximate surface area is 100 Å². The summed E-state index contributed by atoms with van der Waals surface area (Å²) in [6.45, 7) is 0.453. The molecule has 0 bridgehead atoms. The summed E-state index contributed by atoms with van der Waals surface area (Å²) in [5.41, 5.74) is 6.27. The maximum atomic E-state index is 12.1.